The van der Waals surface area contributed by atoms with Gasteiger partial charge in [0, 0.05) is 12.8 Å². The molecule has 81 heavy (non-hydrogen) atoms. The van der Waals surface area contributed by atoms with Crippen molar-refractivity contribution in [1.82, 2.24) is 0 Å². The molecule has 2 unspecified atom stereocenters. The Morgan fingerprint density at radius 3 is 1.05 bits per heavy atom. The number of nitrogens with zero attached hydrogens (tertiary/aromatic N) is 1. The van der Waals surface area contributed by atoms with Gasteiger partial charge in [-0.15, -0.1) is 0 Å². The van der Waals surface area contributed by atoms with Gasteiger partial charge in [0.05, 0.1) is 27.7 Å². The second kappa shape index (κ2) is 61.0. The average molecular weight is 1150 g/mol. The number of unbranched alkanes of at least 4 members (excludes halogenated alkanes) is 25. The van der Waals surface area contributed by atoms with E-state index in [1.54, 1.807) is 0 Å². The molecule has 0 aromatic rings. The molecule has 0 aromatic heterocycles. The fourth-order valence-electron chi connectivity index (χ4n) is 8.70. The van der Waals surface area contributed by atoms with Crippen molar-refractivity contribution in [2.45, 2.75) is 270 Å². The normalized spacial score (nSPS) is 14.0. The molecule has 0 aliphatic rings. The topological polar surface area (TPSA) is 111 Å². The molecule has 0 saturated heterocycles. The molecule has 0 aliphatic carbocycles. The molecule has 10 heteroatoms. The van der Waals surface area contributed by atoms with Crippen LogP contribution in [0.5, 0.6) is 0 Å². The second-order valence-electron chi connectivity index (χ2n) is 22.7. The Morgan fingerprint density at radius 2 is 0.704 bits per heavy atom. The van der Waals surface area contributed by atoms with Gasteiger partial charge < -0.3 is 27.9 Å². The molecule has 0 aromatic carbocycles. The highest BCUT2D eigenvalue weighted by Crippen LogP contribution is 2.38. The molecule has 0 amide bonds. The maximum atomic E-state index is 12.8. The van der Waals surface area contributed by atoms with Crippen LogP contribution in [0.3, 0.4) is 0 Å². The van der Waals surface area contributed by atoms with E-state index in [9.17, 15) is 19.0 Å². The standard InChI is InChI=1S/C71H122NO8P/c1-6-8-10-12-14-16-18-20-22-24-26-27-28-29-30-31-32-33-34-35-36-37-38-39-40-41-42-43-44-45-46-48-50-52-54-56-58-60-62-64-71(74)80-69(68-79-81(75,76)78-66-65-72(3,4)5)67-77-70(73)63-61-59-57-55-53-51-49-47-25-23-21-19-17-15-13-11-9-7-2/h8,10,14,16-17,19-20,22-23,25-27,29-30,32-33,35-36,38-39,69H,6-7,9,11-13,15,18,21,24,28,31,34,37,40-68H2,1-5H3/b10-8-,16-14-,19-17-,22-20-,25-23-,27-26-,30-29-,33-32-,36-35-,39-38-. The SMILES string of the molecule is CC/C=C\C/C=C\C/C=C\C/C=C\C/C=C\C/C=C\C/C=C\C/C=C\CCCCCCCCCCCCCCCCC(=O)OC(COC(=O)CCCCCCCCC/C=C\C/C=C\CCCCCC)COP(=O)([O-])OCC[N+](C)(C)C. The Morgan fingerprint density at radius 1 is 0.395 bits per heavy atom. The highest BCUT2D eigenvalue weighted by Gasteiger charge is 2.22. The van der Waals surface area contributed by atoms with Crippen molar-refractivity contribution >= 4 is 19.8 Å². The molecular weight excluding hydrogens is 1030 g/mol. The van der Waals surface area contributed by atoms with Crippen LogP contribution in [0.2, 0.25) is 0 Å². The molecule has 0 heterocycles. The van der Waals surface area contributed by atoms with Crippen molar-refractivity contribution < 1.29 is 42.1 Å². The Bertz CT molecular complexity index is 1780. The van der Waals surface area contributed by atoms with Gasteiger partial charge >= 0.3 is 11.9 Å². The number of carbonyl (C=O) groups is 2. The number of quaternary nitrogens is 1. The number of hydrogen-bond acceptors (Lipinski definition) is 8. The fraction of sp³-hybridized carbons (Fsp3) is 0.690. The number of hydrogen-bond donors (Lipinski definition) is 0. The third kappa shape index (κ3) is 65.4. The van der Waals surface area contributed by atoms with Crippen LogP contribution in [0.25, 0.3) is 0 Å². The van der Waals surface area contributed by atoms with E-state index in [0.29, 0.717) is 17.4 Å². The number of phosphoric ester groups is 1. The minimum absolute atomic E-state index is 0.0364. The van der Waals surface area contributed by atoms with Gasteiger partial charge in [0.2, 0.25) is 0 Å². The summed E-state index contributed by atoms with van der Waals surface area (Å²) in [5, 5.41) is 0. The summed E-state index contributed by atoms with van der Waals surface area (Å²) in [6, 6.07) is 0. The lowest BCUT2D eigenvalue weighted by molar-refractivity contribution is -0.870. The van der Waals surface area contributed by atoms with Gasteiger partial charge in [-0.2, -0.15) is 0 Å². The summed E-state index contributed by atoms with van der Waals surface area (Å²) in [7, 11) is 1.15. The van der Waals surface area contributed by atoms with Gasteiger partial charge in [-0.1, -0.05) is 264 Å². The van der Waals surface area contributed by atoms with Crippen LogP contribution in [0.15, 0.2) is 122 Å². The number of rotatable bonds is 59. The third-order valence-electron chi connectivity index (χ3n) is 13.7. The van der Waals surface area contributed by atoms with Crippen LogP contribution in [0.1, 0.15) is 264 Å². The predicted molar refractivity (Wildman–Crippen MR) is 346 cm³/mol. The van der Waals surface area contributed by atoms with E-state index >= 15 is 0 Å². The van der Waals surface area contributed by atoms with Gasteiger partial charge in [0.1, 0.15) is 19.8 Å². The minimum atomic E-state index is -4.65. The third-order valence-corrected chi connectivity index (χ3v) is 14.7. The van der Waals surface area contributed by atoms with E-state index in [4.69, 9.17) is 18.5 Å². The summed E-state index contributed by atoms with van der Waals surface area (Å²) in [5.41, 5.74) is 0. The molecule has 0 rings (SSSR count). The molecule has 0 bridgehead atoms. The van der Waals surface area contributed by atoms with Crippen LogP contribution in [-0.4, -0.2) is 70.0 Å². The average Bonchev–Trinajstić information content (AvgIpc) is 3.43. The largest absolute Gasteiger partial charge is 0.756 e. The lowest BCUT2D eigenvalue weighted by atomic mass is 10.0. The van der Waals surface area contributed by atoms with Crippen molar-refractivity contribution in [2.75, 3.05) is 47.5 Å². The van der Waals surface area contributed by atoms with Crippen molar-refractivity contribution in [2.24, 2.45) is 0 Å². The first-order valence-electron chi connectivity index (χ1n) is 32.7. The molecule has 0 spiro atoms. The first-order chi connectivity index (χ1) is 39.5. The molecule has 0 saturated carbocycles. The number of phosphoric acid groups is 1. The molecule has 464 valence electrons. The van der Waals surface area contributed by atoms with E-state index in [-0.39, 0.29) is 26.1 Å². The summed E-state index contributed by atoms with van der Waals surface area (Å²) in [4.78, 5) is 37.9. The molecule has 0 aliphatic heterocycles. The summed E-state index contributed by atoms with van der Waals surface area (Å²) < 4.78 is 34.2. The van der Waals surface area contributed by atoms with Crippen LogP contribution >= 0.6 is 7.82 Å². The zero-order valence-electron chi connectivity index (χ0n) is 52.7. The number of likely N-dealkylation sites (N-methyl/N-ethyl adjacent to an activating group) is 1. The highest BCUT2D eigenvalue weighted by molar-refractivity contribution is 7.45. The van der Waals surface area contributed by atoms with Gasteiger partial charge in [0.25, 0.3) is 7.82 Å². The van der Waals surface area contributed by atoms with E-state index < -0.39 is 32.5 Å². The first-order valence-corrected chi connectivity index (χ1v) is 34.2. The van der Waals surface area contributed by atoms with Gasteiger partial charge in [0.15, 0.2) is 6.10 Å². The van der Waals surface area contributed by atoms with Crippen LogP contribution < -0.4 is 4.89 Å². The maximum absolute atomic E-state index is 12.8. The van der Waals surface area contributed by atoms with E-state index in [1.165, 1.54) is 122 Å². The Hall–Kier alpha value is -3.59. The Labute approximate surface area is 498 Å². The van der Waals surface area contributed by atoms with Gasteiger partial charge in [-0.05, 0) is 109 Å². The van der Waals surface area contributed by atoms with E-state index in [0.717, 1.165) is 109 Å². The molecule has 0 N–H and O–H groups in total. The molecule has 0 radical (unpaired) electrons. The second-order valence-corrected chi connectivity index (χ2v) is 24.2. The highest BCUT2D eigenvalue weighted by atomic mass is 31.2. The van der Waals surface area contributed by atoms with E-state index in [2.05, 4.69) is 135 Å². The molecular formula is C71H122NO8P. The molecule has 0 fully saturated rings. The predicted octanol–water partition coefficient (Wildman–Crippen LogP) is 20.5. The summed E-state index contributed by atoms with van der Waals surface area (Å²) in [6.07, 6.45) is 86.9. The van der Waals surface area contributed by atoms with E-state index in [1.807, 2.05) is 21.1 Å². The van der Waals surface area contributed by atoms with Crippen LogP contribution in [0.4, 0.5) is 0 Å². The smallest absolute Gasteiger partial charge is 0.306 e. The van der Waals surface area contributed by atoms with Crippen molar-refractivity contribution in [3.05, 3.63) is 122 Å². The zero-order valence-corrected chi connectivity index (χ0v) is 53.6. The summed E-state index contributed by atoms with van der Waals surface area (Å²) >= 11 is 0. The minimum Gasteiger partial charge on any atom is -0.756 e. The zero-order chi connectivity index (χ0) is 59.1. The number of ether oxygens (including phenoxy) is 2. The quantitative estimate of drug-likeness (QED) is 0.0195. The lowest BCUT2D eigenvalue weighted by Crippen LogP contribution is -2.37. The summed E-state index contributed by atoms with van der Waals surface area (Å²) in [6.45, 7) is 4.10. The Balaban J connectivity index is 4.06. The lowest BCUT2D eigenvalue weighted by Gasteiger charge is -2.28. The van der Waals surface area contributed by atoms with Crippen molar-refractivity contribution in [3.63, 3.8) is 0 Å². The first kappa shape index (κ1) is 77.4. The number of esters is 2. The van der Waals surface area contributed by atoms with Crippen molar-refractivity contribution in [3.8, 4) is 0 Å². The monoisotopic (exact) mass is 1150 g/mol. The fourth-order valence-corrected chi connectivity index (χ4v) is 9.43. The molecule has 2 atom stereocenters. The van der Waals surface area contributed by atoms with Crippen LogP contribution in [0, 0.1) is 0 Å². The number of carbonyl (C=O) groups excluding carboxylic acids is 2. The number of allylic oxidation sites excluding steroid dienone is 20. The van der Waals surface area contributed by atoms with Gasteiger partial charge in [-0.25, -0.2) is 0 Å². The van der Waals surface area contributed by atoms with Crippen LogP contribution in [-0.2, 0) is 32.7 Å². The summed E-state index contributed by atoms with van der Waals surface area (Å²) in [5.74, 6) is -0.843. The van der Waals surface area contributed by atoms with Crippen molar-refractivity contribution in [1.29, 1.82) is 0 Å². The maximum Gasteiger partial charge on any atom is 0.306 e. The Kier molecular flexibility index (Phi) is 58.3. The molecule has 9 nitrogen and oxygen atoms in total. The van der Waals surface area contributed by atoms with Gasteiger partial charge in [-0.3, -0.25) is 14.2 Å².